The van der Waals surface area contributed by atoms with Crippen LogP contribution in [0.4, 0.5) is 17.5 Å². The van der Waals surface area contributed by atoms with E-state index in [0.717, 1.165) is 38.3 Å². The standard InChI is InChI=1S/C21H29ClN8O/c1-3-29(4-2)7-8-30-12-15(10-25-30)26-21-24-11-16(22)20(28-21)27-18-14-6-5-13(9-14)17(18)19(23)31/h5-6,10-14,17-18H,3-4,7-9H2,1-2H3,(H2,23,31)(H2,24,26,27,28)/t13-,14+,17+,18-/m1/s1. The fraction of sp³-hybridized carbons (Fsp3) is 0.524. The van der Waals surface area contributed by atoms with Crippen LogP contribution >= 0.6 is 11.6 Å². The highest BCUT2D eigenvalue weighted by atomic mass is 35.5. The Labute approximate surface area is 187 Å². The molecule has 9 nitrogen and oxygen atoms in total. The van der Waals surface area contributed by atoms with Crippen molar-refractivity contribution in [2.24, 2.45) is 23.5 Å². The molecule has 4 N–H and O–H groups in total. The van der Waals surface area contributed by atoms with Gasteiger partial charge >= 0.3 is 0 Å². The molecule has 0 aliphatic heterocycles. The minimum Gasteiger partial charge on any atom is -0.369 e. The fourth-order valence-corrected chi connectivity index (χ4v) is 4.70. The van der Waals surface area contributed by atoms with Crippen LogP contribution < -0.4 is 16.4 Å². The van der Waals surface area contributed by atoms with E-state index in [4.69, 9.17) is 17.3 Å². The number of likely N-dealkylation sites (N-methyl/N-ethyl adjacent to an activating group) is 1. The zero-order valence-electron chi connectivity index (χ0n) is 17.8. The van der Waals surface area contributed by atoms with Gasteiger partial charge in [0, 0.05) is 18.8 Å². The second-order valence-electron chi connectivity index (χ2n) is 8.08. The van der Waals surface area contributed by atoms with Gasteiger partial charge in [0.2, 0.25) is 11.9 Å². The SMILES string of the molecule is CCN(CC)CCn1cc(Nc2ncc(Cl)c(N[C@H]3[C@@H](C(N)=O)[C@@H]4C=C[C@H]3C4)n2)cn1. The predicted octanol–water partition coefficient (Wildman–Crippen LogP) is 2.50. The molecule has 31 heavy (non-hydrogen) atoms. The van der Waals surface area contributed by atoms with Crippen LogP contribution in [0.1, 0.15) is 20.3 Å². The van der Waals surface area contributed by atoms with Gasteiger partial charge in [0.05, 0.1) is 30.5 Å². The lowest BCUT2D eigenvalue weighted by molar-refractivity contribution is -0.122. The van der Waals surface area contributed by atoms with E-state index in [9.17, 15) is 4.79 Å². The van der Waals surface area contributed by atoms with E-state index in [1.807, 2.05) is 10.9 Å². The molecule has 0 radical (unpaired) electrons. The van der Waals surface area contributed by atoms with Gasteiger partial charge < -0.3 is 21.3 Å². The molecule has 166 valence electrons. The smallest absolute Gasteiger partial charge is 0.229 e. The lowest BCUT2D eigenvalue weighted by Crippen LogP contribution is -2.41. The average Bonchev–Trinajstić information content (AvgIpc) is 3.48. The van der Waals surface area contributed by atoms with Gasteiger partial charge in [0.25, 0.3) is 0 Å². The third-order valence-electron chi connectivity index (χ3n) is 6.26. The lowest BCUT2D eigenvalue weighted by Gasteiger charge is -2.27. The molecule has 2 bridgehead atoms. The van der Waals surface area contributed by atoms with E-state index in [1.54, 1.807) is 12.4 Å². The molecule has 0 aromatic carbocycles. The van der Waals surface area contributed by atoms with Crippen LogP contribution in [0.2, 0.25) is 5.02 Å². The van der Waals surface area contributed by atoms with Crippen LogP contribution in [-0.4, -0.2) is 56.2 Å². The predicted molar refractivity (Wildman–Crippen MR) is 121 cm³/mol. The molecular formula is C21H29ClN8O. The molecular weight excluding hydrogens is 416 g/mol. The van der Waals surface area contributed by atoms with Gasteiger partial charge in [-0.1, -0.05) is 37.6 Å². The number of halogens is 1. The number of carbonyl (C=O) groups is 1. The Morgan fingerprint density at radius 2 is 2.06 bits per heavy atom. The molecule has 1 saturated carbocycles. The Bertz CT molecular complexity index is 957. The van der Waals surface area contributed by atoms with Gasteiger partial charge in [-0.25, -0.2) is 4.98 Å². The summed E-state index contributed by atoms with van der Waals surface area (Å²) in [7, 11) is 0. The molecule has 0 spiro atoms. The maximum absolute atomic E-state index is 12.0. The molecule has 2 aliphatic rings. The zero-order valence-corrected chi connectivity index (χ0v) is 18.6. The van der Waals surface area contributed by atoms with Crippen molar-refractivity contribution >= 4 is 35.0 Å². The summed E-state index contributed by atoms with van der Waals surface area (Å²) in [6.45, 7) is 8.10. The number of aromatic nitrogens is 4. The summed E-state index contributed by atoms with van der Waals surface area (Å²) < 4.78 is 1.90. The third-order valence-corrected chi connectivity index (χ3v) is 6.54. The molecule has 0 unspecified atom stereocenters. The quantitative estimate of drug-likeness (QED) is 0.482. The van der Waals surface area contributed by atoms with Gasteiger partial charge in [-0.2, -0.15) is 10.1 Å². The van der Waals surface area contributed by atoms with Gasteiger partial charge in [-0.3, -0.25) is 9.48 Å². The number of carbonyl (C=O) groups excluding carboxylic acids is 1. The monoisotopic (exact) mass is 444 g/mol. The summed E-state index contributed by atoms with van der Waals surface area (Å²) in [6, 6.07) is -0.115. The van der Waals surface area contributed by atoms with E-state index in [2.05, 4.69) is 56.6 Å². The van der Waals surface area contributed by atoms with Crippen molar-refractivity contribution < 1.29 is 4.79 Å². The summed E-state index contributed by atoms with van der Waals surface area (Å²) in [5.74, 6) is 0.764. The molecule has 4 rings (SSSR count). The number of primary amides is 1. The number of fused-ring (bicyclic) bond motifs is 2. The summed E-state index contributed by atoms with van der Waals surface area (Å²) in [5, 5.41) is 11.3. The number of hydrogen-bond donors (Lipinski definition) is 3. The van der Waals surface area contributed by atoms with Crippen LogP contribution in [0.3, 0.4) is 0 Å². The molecule has 2 aromatic rings. The number of allylic oxidation sites excluding steroid dienone is 1. The van der Waals surface area contributed by atoms with Crippen LogP contribution in [0.15, 0.2) is 30.7 Å². The molecule has 0 saturated heterocycles. The Morgan fingerprint density at radius 3 is 2.81 bits per heavy atom. The highest BCUT2D eigenvalue weighted by molar-refractivity contribution is 6.32. The van der Waals surface area contributed by atoms with E-state index < -0.39 is 0 Å². The topological polar surface area (TPSA) is 114 Å². The van der Waals surface area contributed by atoms with E-state index in [0.29, 0.717) is 16.8 Å². The Balaban J connectivity index is 1.43. The Morgan fingerprint density at radius 1 is 1.29 bits per heavy atom. The molecule has 2 aliphatic carbocycles. The summed E-state index contributed by atoms with van der Waals surface area (Å²) in [6.07, 6.45) is 10.4. The van der Waals surface area contributed by atoms with Crippen molar-refractivity contribution in [1.82, 2.24) is 24.6 Å². The first-order valence-electron chi connectivity index (χ1n) is 10.8. The van der Waals surface area contributed by atoms with Gasteiger partial charge in [-0.15, -0.1) is 0 Å². The van der Waals surface area contributed by atoms with E-state index in [-0.39, 0.29) is 29.7 Å². The number of nitrogens with zero attached hydrogens (tertiary/aromatic N) is 5. The number of nitrogens with one attached hydrogen (secondary N) is 2. The highest BCUT2D eigenvalue weighted by Gasteiger charge is 2.47. The molecule has 2 heterocycles. The van der Waals surface area contributed by atoms with Crippen LogP contribution in [0.5, 0.6) is 0 Å². The number of rotatable bonds is 10. The second kappa shape index (κ2) is 9.23. The molecule has 2 aromatic heterocycles. The molecule has 1 amide bonds. The second-order valence-corrected chi connectivity index (χ2v) is 8.49. The number of amides is 1. The van der Waals surface area contributed by atoms with E-state index in [1.165, 1.54) is 0 Å². The largest absolute Gasteiger partial charge is 0.369 e. The van der Waals surface area contributed by atoms with Gasteiger partial charge in [0.15, 0.2) is 5.82 Å². The van der Waals surface area contributed by atoms with Gasteiger partial charge in [-0.05, 0) is 31.3 Å². The van der Waals surface area contributed by atoms with Crippen molar-refractivity contribution in [3.63, 3.8) is 0 Å². The minimum absolute atomic E-state index is 0.115. The highest BCUT2D eigenvalue weighted by Crippen LogP contribution is 2.45. The maximum atomic E-state index is 12.0. The number of anilines is 3. The molecule has 1 fully saturated rings. The first kappa shape index (κ1) is 21.6. The summed E-state index contributed by atoms with van der Waals surface area (Å²) in [4.78, 5) is 23.1. The Kier molecular flexibility index (Phi) is 6.43. The zero-order chi connectivity index (χ0) is 22.0. The summed E-state index contributed by atoms with van der Waals surface area (Å²) >= 11 is 6.34. The average molecular weight is 445 g/mol. The van der Waals surface area contributed by atoms with Crippen molar-refractivity contribution in [3.8, 4) is 0 Å². The Hall–Kier alpha value is -2.65. The normalized spacial score (nSPS) is 24.1. The maximum Gasteiger partial charge on any atom is 0.229 e. The number of hydrogen-bond acceptors (Lipinski definition) is 7. The lowest BCUT2D eigenvalue weighted by atomic mass is 9.88. The first-order chi connectivity index (χ1) is 15.0. The minimum atomic E-state index is -0.296. The van der Waals surface area contributed by atoms with Crippen molar-refractivity contribution in [1.29, 1.82) is 0 Å². The molecule has 10 heteroatoms. The molecule has 4 atom stereocenters. The van der Waals surface area contributed by atoms with Crippen molar-refractivity contribution in [2.75, 3.05) is 30.3 Å². The third kappa shape index (κ3) is 4.67. The van der Waals surface area contributed by atoms with Crippen LogP contribution in [-0.2, 0) is 11.3 Å². The van der Waals surface area contributed by atoms with Crippen molar-refractivity contribution in [2.45, 2.75) is 32.9 Å². The number of nitrogens with two attached hydrogens (primary N) is 1. The van der Waals surface area contributed by atoms with Crippen LogP contribution in [0.25, 0.3) is 0 Å². The van der Waals surface area contributed by atoms with E-state index >= 15 is 0 Å². The summed E-state index contributed by atoms with van der Waals surface area (Å²) in [5.41, 5.74) is 6.46. The first-order valence-corrected chi connectivity index (χ1v) is 11.1. The fourth-order valence-electron chi connectivity index (χ4n) is 4.56. The van der Waals surface area contributed by atoms with Crippen LogP contribution in [0, 0.1) is 17.8 Å². The van der Waals surface area contributed by atoms with Gasteiger partial charge in [0.1, 0.15) is 5.02 Å². The van der Waals surface area contributed by atoms with Crippen molar-refractivity contribution in [3.05, 3.63) is 35.8 Å².